The van der Waals surface area contributed by atoms with Crippen LogP contribution in [0.25, 0.3) is 0 Å². The van der Waals surface area contributed by atoms with Crippen molar-refractivity contribution in [2.24, 2.45) is 0 Å². The average molecular weight is 395 g/mol. The lowest BCUT2D eigenvalue weighted by molar-refractivity contribution is -0.149. The molecule has 0 aliphatic carbocycles. The number of carbonyl (C=O) groups is 2. The van der Waals surface area contributed by atoms with Gasteiger partial charge in [0, 0.05) is 16.1 Å². The van der Waals surface area contributed by atoms with Crippen LogP contribution in [0.5, 0.6) is 5.75 Å². The summed E-state index contributed by atoms with van der Waals surface area (Å²) in [5, 5.41) is 0.531. The lowest BCUT2D eigenvalue weighted by Gasteiger charge is -2.18. The van der Waals surface area contributed by atoms with Gasteiger partial charge in [-0.2, -0.15) is 0 Å². The molecule has 0 unspecified atom stereocenters. The number of halogens is 1. The van der Waals surface area contributed by atoms with Crippen molar-refractivity contribution in [3.05, 3.63) is 101 Å². The van der Waals surface area contributed by atoms with E-state index in [1.54, 1.807) is 54.6 Å². The second kappa shape index (κ2) is 9.20. The highest BCUT2D eigenvalue weighted by Crippen LogP contribution is 2.25. The standard InChI is InChI=1S/C23H19ClO4/c1-16-7-5-6-10-20(16)27-15-21(25)28-23(18-11-13-19(24)14-12-18)22(26)17-8-3-2-4-9-17/h2-14,23H,15H2,1H3/t23-/m0/s1. The van der Waals surface area contributed by atoms with Crippen LogP contribution in [-0.2, 0) is 9.53 Å². The lowest BCUT2D eigenvalue weighted by Crippen LogP contribution is -2.23. The summed E-state index contributed by atoms with van der Waals surface area (Å²) in [4.78, 5) is 25.3. The van der Waals surface area contributed by atoms with Gasteiger partial charge in [-0.25, -0.2) is 4.79 Å². The molecule has 0 amide bonds. The minimum Gasteiger partial charge on any atom is -0.482 e. The summed E-state index contributed by atoms with van der Waals surface area (Å²) < 4.78 is 11.0. The Morgan fingerprint density at radius 2 is 1.54 bits per heavy atom. The summed E-state index contributed by atoms with van der Waals surface area (Å²) in [5.74, 6) is -0.350. The van der Waals surface area contributed by atoms with Crippen LogP contribution in [0.2, 0.25) is 5.02 Å². The fourth-order valence-electron chi connectivity index (χ4n) is 2.68. The molecule has 0 aromatic heterocycles. The second-order valence-corrected chi connectivity index (χ2v) is 6.64. The number of hydrogen-bond acceptors (Lipinski definition) is 4. The molecule has 1 atom stereocenters. The number of rotatable bonds is 7. The fraction of sp³-hybridized carbons (Fsp3) is 0.130. The molecule has 0 spiro atoms. The monoisotopic (exact) mass is 394 g/mol. The van der Waals surface area contributed by atoms with E-state index in [0.29, 0.717) is 21.9 Å². The van der Waals surface area contributed by atoms with Gasteiger partial charge in [-0.1, -0.05) is 72.3 Å². The van der Waals surface area contributed by atoms with Gasteiger partial charge in [0.05, 0.1) is 0 Å². The molecular weight excluding hydrogens is 376 g/mol. The van der Waals surface area contributed by atoms with Gasteiger partial charge >= 0.3 is 5.97 Å². The van der Waals surface area contributed by atoms with Gasteiger partial charge in [-0.05, 0) is 30.7 Å². The molecular formula is C23H19ClO4. The van der Waals surface area contributed by atoms with Crippen LogP contribution in [-0.4, -0.2) is 18.4 Å². The molecule has 0 radical (unpaired) electrons. The Labute approximate surface area is 168 Å². The second-order valence-electron chi connectivity index (χ2n) is 6.21. The van der Waals surface area contributed by atoms with Crippen molar-refractivity contribution in [3.8, 4) is 5.75 Å². The maximum Gasteiger partial charge on any atom is 0.345 e. The predicted octanol–water partition coefficient (Wildman–Crippen LogP) is 5.19. The Kier molecular flexibility index (Phi) is 6.45. The normalized spacial score (nSPS) is 11.5. The van der Waals surface area contributed by atoms with Gasteiger partial charge in [-0.3, -0.25) is 4.79 Å². The smallest absolute Gasteiger partial charge is 0.345 e. The molecule has 0 saturated carbocycles. The van der Waals surface area contributed by atoms with Crippen LogP contribution in [0.15, 0.2) is 78.9 Å². The minimum absolute atomic E-state index is 0.295. The van der Waals surface area contributed by atoms with Gasteiger partial charge in [0.2, 0.25) is 5.78 Å². The summed E-state index contributed by atoms with van der Waals surface area (Å²) >= 11 is 5.94. The van der Waals surface area contributed by atoms with Crippen molar-refractivity contribution in [2.75, 3.05) is 6.61 Å². The van der Waals surface area contributed by atoms with Crippen molar-refractivity contribution in [1.29, 1.82) is 0 Å². The zero-order valence-corrected chi connectivity index (χ0v) is 16.1. The summed E-state index contributed by atoms with van der Waals surface area (Å²) in [6, 6.07) is 22.7. The number of Topliss-reactive ketones (excluding diaryl/α,β-unsaturated/α-hetero) is 1. The minimum atomic E-state index is -1.08. The predicted molar refractivity (Wildman–Crippen MR) is 108 cm³/mol. The molecule has 0 heterocycles. The number of aryl methyl sites for hydroxylation is 1. The maximum atomic E-state index is 12.9. The van der Waals surface area contributed by atoms with Crippen molar-refractivity contribution < 1.29 is 19.1 Å². The SMILES string of the molecule is Cc1ccccc1OCC(=O)O[C@H](C(=O)c1ccccc1)c1ccc(Cl)cc1. The summed E-state index contributed by atoms with van der Waals surface area (Å²) in [5.41, 5.74) is 1.91. The first-order valence-corrected chi connectivity index (χ1v) is 9.15. The van der Waals surface area contributed by atoms with Gasteiger partial charge in [-0.15, -0.1) is 0 Å². The van der Waals surface area contributed by atoms with Crippen molar-refractivity contribution in [2.45, 2.75) is 13.0 Å². The lowest BCUT2D eigenvalue weighted by atomic mass is 10.00. The third kappa shape index (κ3) is 4.99. The fourth-order valence-corrected chi connectivity index (χ4v) is 2.81. The zero-order valence-electron chi connectivity index (χ0n) is 15.3. The highest BCUT2D eigenvalue weighted by Gasteiger charge is 2.26. The number of carbonyl (C=O) groups excluding carboxylic acids is 2. The Morgan fingerprint density at radius 1 is 0.893 bits per heavy atom. The number of hydrogen-bond donors (Lipinski definition) is 0. The van der Waals surface area contributed by atoms with E-state index in [0.717, 1.165) is 5.56 Å². The average Bonchev–Trinajstić information content (AvgIpc) is 2.72. The third-order valence-corrected chi connectivity index (χ3v) is 4.41. The third-order valence-electron chi connectivity index (χ3n) is 4.16. The Bertz CT molecular complexity index is 952. The van der Waals surface area contributed by atoms with Crippen LogP contribution < -0.4 is 4.74 Å². The molecule has 142 valence electrons. The van der Waals surface area contributed by atoms with Crippen molar-refractivity contribution in [1.82, 2.24) is 0 Å². The molecule has 5 heteroatoms. The van der Waals surface area contributed by atoms with Crippen LogP contribution in [0, 0.1) is 6.92 Å². The maximum absolute atomic E-state index is 12.9. The molecule has 0 saturated heterocycles. The van der Waals surface area contributed by atoms with Crippen LogP contribution in [0.4, 0.5) is 0 Å². The zero-order chi connectivity index (χ0) is 19.9. The quantitative estimate of drug-likeness (QED) is 0.408. The van der Waals surface area contributed by atoms with Crippen molar-refractivity contribution >= 4 is 23.4 Å². The number of ketones is 1. The van der Waals surface area contributed by atoms with Crippen LogP contribution in [0.3, 0.4) is 0 Å². The number of ether oxygens (including phenoxy) is 2. The van der Waals surface area contributed by atoms with E-state index in [1.165, 1.54) is 0 Å². The van der Waals surface area contributed by atoms with Gasteiger partial charge in [0.1, 0.15) is 5.75 Å². The Morgan fingerprint density at radius 3 is 2.21 bits per heavy atom. The van der Waals surface area contributed by atoms with Gasteiger partial charge in [0.15, 0.2) is 12.7 Å². The molecule has 0 aliphatic rings. The van der Waals surface area contributed by atoms with E-state index >= 15 is 0 Å². The van der Waals surface area contributed by atoms with Gasteiger partial charge < -0.3 is 9.47 Å². The molecule has 3 aromatic carbocycles. The molecule has 4 nitrogen and oxygen atoms in total. The number of benzene rings is 3. The van der Waals surface area contributed by atoms with Crippen LogP contribution >= 0.6 is 11.6 Å². The molecule has 3 aromatic rings. The molecule has 3 rings (SSSR count). The molecule has 0 N–H and O–H groups in total. The molecule has 28 heavy (non-hydrogen) atoms. The Hall–Kier alpha value is -3.11. The number of esters is 1. The summed E-state index contributed by atoms with van der Waals surface area (Å²) in [6.07, 6.45) is -1.08. The van der Waals surface area contributed by atoms with Crippen LogP contribution in [0.1, 0.15) is 27.6 Å². The topological polar surface area (TPSA) is 52.6 Å². The van der Waals surface area contributed by atoms with E-state index in [9.17, 15) is 9.59 Å². The van der Waals surface area contributed by atoms with E-state index < -0.39 is 12.1 Å². The first kappa shape index (κ1) is 19.6. The van der Waals surface area contributed by atoms with Crippen molar-refractivity contribution in [3.63, 3.8) is 0 Å². The Balaban J connectivity index is 1.77. The largest absolute Gasteiger partial charge is 0.482 e. The summed E-state index contributed by atoms with van der Waals surface area (Å²) in [6.45, 7) is 1.59. The van der Waals surface area contributed by atoms with Gasteiger partial charge in [0.25, 0.3) is 0 Å². The molecule has 0 aliphatic heterocycles. The first-order chi connectivity index (χ1) is 13.5. The first-order valence-electron chi connectivity index (χ1n) is 8.77. The molecule has 0 fully saturated rings. The van der Waals surface area contributed by atoms with E-state index in [2.05, 4.69) is 0 Å². The highest BCUT2D eigenvalue weighted by atomic mass is 35.5. The highest BCUT2D eigenvalue weighted by molar-refractivity contribution is 6.30. The van der Waals surface area contributed by atoms with E-state index in [1.807, 2.05) is 31.2 Å². The van der Waals surface area contributed by atoms with E-state index in [4.69, 9.17) is 21.1 Å². The molecule has 0 bridgehead atoms. The van der Waals surface area contributed by atoms with E-state index in [-0.39, 0.29) is 12.4 Å². The number of para-hydroxylation sites is 1. The summed E-state index contributed by atoms with van der Waals surface area (Å²) in [7, 11) is 0.